The Labute approximate surface area is 161 Å². The summed E-state index contributed by atoms with van der Waals surface area (Å²) in [4.78, 5) is 13.4. The molecule has 4 heteroatoms. The van der Waals surface area contributed by atoms with Crippen LogP contribution in [0.5, 0.6) is 0 Å². The van der Waals surface area contributed by atoms with E-state index in [-0.39, 0.29) is 0 Å². The van der Waals surface area contributed by atoms with Gasteiger partial charge in [0.1, 0.15) is 0 Å². The Kier molecular flexibility index (Phi) is 5.55. The summed E-state index contributed by atoms with van der Waals surface area (Å²) in [5, 5.41) is 12.8. The number of carbonyl (C=O) groups is 1. The summed E-state index contributed by atoms with van der Waals surface area (Å²) in [6.07, 6.45) is 3.75. The van der Waals surface area contributed by atoms with Gasteiger partial charge in [-0.05, 0) is 68.1 Å². The van der Waals surface area contributed by atoms with Gasteiger partial charge in [-0.3, -0.25) is 4.90 Å². The highest BCUT2D eigenvalue weighted by Gasteiger charge is 2.38. The fourth-order valence-electron chi connectivity index (χ4n) is 4.17. The quantitative estimate of drug-likeness (QED) is 0.786. The van der Waals surface area contributed by atoms with Crippen LogP contribution in [0.15, 0.2) is 54.6 Å². The van der Waals surface area contributed by atoms with Crippen molar-refractivity contribution in [2.75, 3.05) is 19.6 Å². The van der Waals surface area contributed by atoms with Crippen LogP contribution in [0.25, 0.3) is 0 Å². The van der Waals surface area contributed by atoms with Crippen LogP contribution in [0, 0.1) is 5.92 Å². The van der Waals surface area contributed by atoms with E-state index in [9.17, 15) is 4.79 Å². The lowest BCUT2D eigenvalue weighted by Crippen LogP contribution is -2.37. The number of hydrogen-bond donors (Lipinski definition) is 2. The van der Waals surface area contributed by atoms with Crippen LogP contribution in [-0.2, 0) is 6.54 Å². The van der Waals surface area contributed by atoms with Crippen LogP contribution in [0.4, 0.5) is 0 Å². The lowest BCUT2D eigenvalue weighted by Gasteiger charge is -2.32. The van der Waals surface area contributed by atoms with Crippen molar-refractivity contribution in [2.24, 2.45) is 5.92 Å². The molecule has 4 rings (SSSR count). The highest BCUT2D eigenvalue weighted by Crippen LogP contribution is 2.40. The van der Waals surface area contributed by atoms with Gasteiger partial charge >= 0.3 is 5.97 Å². The minimum atomic E-state index is -0.861. The number of piperidine rings is 1. The molecule has 142 valence electrons. The van der Waals surface area contributed by atoms with Crippen molar-refractivity contribution in [3.63, 3.8) is 0 Å². The van der Waals surface area contributed by atoms with Gasteiger partial charge in [0.05, 0.1) is 5.56 Å². The molecule has 0 amide bonds. The van der Waals surface area contributed by atoms with E-state index in [1.165, 1.54) is 30.4 Å². The maximum absolute atomic E-state index is 10.9. The second-order valence-corrected chi connectivity index (χ2v) is 7.99. The van der Waals surface area contributed by atoms with Crippen molar-refractivity contribution in [1.82, 2.24) is 10.2 Å². The van der Waals surface area contributed by atoms with Crippen LogP contribution in [0.1, 0.15) is 46.7 Å². The molecule has 2 N–H and O–H groups in total. The van der Waals surface area contributed by atoms with E-state index in [0.29, 0.717) is 17.5 Å². The van der Waals surface area contributed by atoms with E-state index in [2.05, 4.69) is 40.5 Å². The van der Waals surface area contributed by atoms with Crippen molar-refractivity contribution >= 4 is 5.97 Å². The zero-order chi connectivity index (χ0) is 18.6. The number of nitrogens with zero attached hydrogens (tertiary/aromatic N) is 1. The van der Waals surface area contributed by atoms with E-state index >= 15 is 0 Å². The van der Waals surface area contributed by atoms with Gasteiger partial charge in [0.2, 0.25) is 0 Å². The molecule has 1 unspecified atom stereocenters. The standard InChI is InChI=1S/C23H28N2O2/c26-23(27)20-8-6-18(7-9-20)16-25-12-10-17(11-13-25)15-24-22-14-21(22)19-4-2-1-3-5-19/h1-9,17,21-22,24H,10-16H2,(H,26,27)/t21?,22-/m1/s1. The van der Waals surface area contributed by atoms with Crippen molar-refractivity contribution in [3.8, 4) is 0 Å². The number of nitrogens with one attached hydrogen (secondary N) is 1. The monoisotopic (exact) mass is 364 g/mol. The van der Waals surface area contributed by atoms with Crippen molar-refractivity contribution < 1.29 is 9.90 Å². The lowest BCUT2D eigenvalue weighted by atomic mass is 9.96. The Balaban J connectivity index is 1.17. The topological polar surface area (TPSA) is 52.6 Å². The minimum Gasteiger partial charge on any atom is -0.478 e. The molecule has 0 aromatic heterocycles. The molecule has 2 aliphatic rings. The molecule has 4 nitrogen and oxygen atoms in total. The Morgan fingerprint density at radius 3 is 2.41 bits per heavy atom. The predicted molar refractivity (Wildman–Crippen MR) is 107 cm³/mol. The first-order chi connectivity index (χ1) is 13.2. The summed E-state index contributed by atoms with van der Waals surface area (Å²) < 4.78 is 0. The van der Waals surface area contributed by atoms with Crippen molar-refractivity contribution in [1.29, 1.82) is 0 Å². The molecule has 0 radical (unpaired) electrons. The summed E-state index contributed by atoms with van der Waals surface area (Å²) in [6, 6.07) is 18.8. The Morgan fingerprint density at radius 2 is 1.74 bits per heavy atom. The third-order valence-corrected chi connectivity index (χ3v) is 6.00. The Bertz CT molecular complexity index is 752. The molecule has 0 spiro atoms. The fraction of sp³-hybridized carbons (Fsp3) is 0.435. The molecule has 1 aliphatic heterocycles. The van der Waals surface area contributed by atoms with Crippen LogP contribution < -0.4 is 5.32 Å². The van der Waals surface area contributed by atoms with Gasteiger partial charge in [-0.2, -0.15) is 0 Å². The molecule has 2 aromatic carbocycles. The van der Waals surface area contributed by atoms with Gasteiger partial charge in [0.25, 0.3) is 0 Å². The molecule has 0 bridgehead atoms. The molecule has 1 heterocycles. The van der Waals surface area contributed by atoms with Gasteiger partial charge < -0.3 is 10.4 Å². The number of carboxylic acids is 1. The van der Waals surface area contributed by atoms with E-state index in [0.717, 1.165) is 32.1 Å². The van der Waals surface area contributed by atoms with Gasteiger partial charge in [0, 0.05) is 18.5 Å². The van der Waals surface area contributed by atoms with Gasteiger partial charge in [-0.1, -0.05) is 42.5 Å². The van der Waals surface area contributed by atoms with Crippen LogP contribution in [0.3, 0.4) is 0 Å². The number of rotatable bonds is 7. The van der Waals surface area contributed by atoms with Crippen LogP contribution >= 0.6 is 0 Å². The number of likely N-dealkylation sites (tertiary alicyclic amines) is 1. The summed E-state index contributed by atoms with van der Waals surface area (Å²) in [5.41, 5.74) is 3.02. The minimum absolute atomic E-state index is 0.359. The summed E-state index contributed by atoms with van der Waals surface area (Å²) in [5.74, 6) is 0.618. The number of aromatic carboxylic acids is 1. The lowest BCUT2D eigenvalue weighted by molar-refractivity contribution is 0.0697. The maximum Gasteiger partial charge on any atom is 0.335 e. The van der Waals surface area contributed by atoms with Crippen molar-refractivity contribution in [3.05, 3.63) is 71.3 Å². The second-order valence-electron chi connectivity index (χ2n) is 7.99. The highest BCUT2D eigenvalue weighted by atomic mass is 16.4. The second kappa shape index (κ2) is 8.24. The molecular formula is C23H28N2O2. The zero-order valence-electron chi connectivity index (χ0n) is 15.7. The average Bonchev–Trinajstić information content (AvgIpc) is 3.48. The summed E-state index contributed by atoms with van der Waals surface area (Å²) in [6.45, 7) is 4.30. The Hall–Kier alpha value is -2.17. The first kappa shape index (κ1) is 18.2. The number of benzene rings is 2. The maximum atomic E-state index is 10.9. The highest BCUT2D eigenvalue weighted by molar-refractivity contribution is 5.87. The summed E-state index contributed by atoms with van der Waals surface area (Å²) >= 11 is 0. The third kappa shape index (κ3) is 4.76. The van der Waals surface area contributed by atoms with E-state index < -0.39 is 5.97 Å². The van der Waals surface area contributed by atoms with Gasteiger partial charge in [-0.25, -0.2) is 4.79 Å². The molecule has 1 saturated carbocycles. The molecule has 2 atom stereocenters. The Morgan fingerprint density at radius 1 is 1.04 bits per heavy atom. The molecule has 2 aromatic rings. The number of carboxylic acid groups (broad SMARTS) is 1. The average molecular weight is 364 g/mol. The van der Waals surface area contributed by atoms with E-state index in [4.69, 9.17) is 5.11 Å². The number of hydrogen-bond acceptors (Lipinski definition) is 3. The van der Waals surface area contributed by atoms with Crippen LogP contribution in [0.2, 0.25) is 0 Å². The van der Waals surface area contributed by atoms with Gasteiger partial charge in [0.15, 0.2) is 0 Å². The third-order valence-electron chi connectivity index (χ3n) is 6.00. The van der Waals surface area contributed by atoms with Crippen molar-refractivity contribution in [2.45, 2.75) is 37.8 Å². The van der Waals surface area contributed by atoms with Gasteiger partial charge in [-0.15, -0.1) is 0 Å². The first-order valence-electron chi connectivity index (χ1n) is 10.0. The fourth-order valence-corrected chi connectivity index (χ4v) is 4.17. The normalized spacial score (nSPS) is 23.3. The van der Waals surface area contributed by atoms with E-state index in [1.54, 1.807) is 12.1 Å². The molecule has 1 saturated heterocycles. The predicted octanol–water partition coefficient (Wildman–Crippen LogP) is 3.74. The van der Waals surface area contributed by atoms with E-state index in [1.807, 2.05) is 12.1 Å². The molecule has 1 aliphatic carbocycles. The first-order valence-corrected chi connectivity index (χ1v) is 10.0. The smallest absolute Gasteiger partial charge is 0.335 e. The summed E-state index contributed by atoms with van der Waals surface area (Å²) in [7, 11) is 0. The molecule has 27 heavy (non-hydrogen) atoms. The molecular weight excluding hydrogens is 336 g/mol. The van der Waals surface area contributed by atoms with Crippen LogP contribution in [-0.4, -0.2) is 41.7 Å². The zero-order valence-corrected chi connectivity index (χ0v) is 15.7. The largest absolute Gasteiger partial charge is 0.478 e. The SMILES string of the molecule is O=C(O)c1ccc(CN2CCC(CN[C@@H]3CC3c3ccccc3)CC2)cc1. The molecule has 2 fully saturated rings.